The monoisotopic (exact) mass is 389 g/mol. The number of carbonyl (C=O) groups excluding carboxylic acids is 1. The standard InChI is InChI=1S/C14H12F2N2.C7H13NO2/c1-8-5-11(14(18)12(16)6-8)13(17)9-3-2-4-10(15)7-9;1-3-7(5-10-2)4-8-6-9/h2-7,17H,18H2,1H3;5-6H,3-4H2,1-2H3,(H,8,9)/b;7-5+. The quantitative estimate of drug-likeness (QED) is 0.290. The Kier molecular flexibility index (Phi) is 9.36. The van der Waals surface area contributed by atoms with E-state index >= 15 is 0 Å². The lowest BCUT2D eigenvalue weighted by atomic mass is 9.99. The van der Waals surface area contributed by atoms with Gasteiger partial charge in [-0.25, -0.2) is 8.78 Å². The summed E-state index contributed by atoms with van der Waals surface area (Å²) < 4.78 is 31.4. The molecular formula is C21H25F2N3O2. The molecule has 0 aromatic heterocycles. The molecule has 0 radical (unpaired) electrons. The van der Waals surface area contributed by atoms with Crippen molar-refractivity contribution in [3.8, 4) is 0 Å². The molecule has 0 aliphatic rings. The number of amides is 1. The average Bonchev–Trinajstić information content (AvgIpc) is 2.68. The maximum Gasteiger partial charge on any atom is 0.207 e. The van der Waals surface area contributed by atoms with Crippen molar-refractivity contribution in [2.45, 2.75) is 20.3 Å². The highest BCUT2D eigenvalue weighted by atomic mass is 19.1. The fraction of sp³-hybridized carbons (Fsp3) is 0.238. The fourth-order valence-corrected chi connectivity index (χ4v) is 2.35. The first-order valence-corrected chi connectivity index (χ1v) is 8.62. The van der Waals surface area contributed by atoms with Gasteiger partial charge in [0.1, 0.15) is 11.6 Å². The number of hydrogen-bond donors (Lipinski definition) is 3. The van der Waals surface area contributed by atoms with Gasteiger partial charge >= 0.3 is 0 Å². The van der Waals surface area contributed by atoms with Crippen LogP contribution < -0.4 is 11.1 Å². The summed E-state index contributed by atoms with van der Waals surface area (Å²) in [6, 6.07) is 8.52. The third-order valence-electron chi connectivity index (χ3n) is 3.81. The van der Waals surface area contributed by atoms with Crippen LogP contribution in [0.25, 0.3) is 0 Å². The molecule has 7 heteroatoms. The van der Waals surface area contributed by atoms with E-state index in [0.29, 0.717) is 24.1 Å². The van der Waals surface area contributed by atoms with Gasteiger partial charge in [0, 0.05) is 17.7 Å². The zero-order valence-electron chi connectivity index (χ0n) is 16.2. The van der Waals surface area contributed by atoms with E-state index in [1.807, 2.05) is 6.92 Å². The lowest BCUT2D eigenvalue weighted by Crippen LogP contribution is -2.14. The first-order valence-electron chi connectivity index (χ1n) is 8.62. The average molecular weight is 389 g/mol. The predicted molar refractivity (Wildman–Crippen MR) is 107 cm³/mol. The zero-order chi connectivity index (χ0) is 21.1. The van der Waals surface area contributed by atoms with E-state index in [0.717, 1.165) is 12.0 Å². The molecule has 150 valence electrons. The van der Waals surface area contributed by atoms with E-state index in [1.165, 1.54) is 24.3 Å². The van der Waals surface area contributed by atoms with Gasteiger partial charge in [-0.2, -0.15) is 0 Å². The van der Waals surface area contributed by atoms with Crippen LogP contribution in [0.1, 0.15) is 30.0 Å². The molecule has 1 amide bonds. The molecule has 2 aromatic rings. The van der Waals surface area contributed by atoms with Gasteiger partial charge in [0.2, 0.25) is 6.41 Å². The number of anilines is 1. The minimum absolute atomic E-state index is 0.00889. The van der Waals surface area contributed by atoms with Crippen molar-refractivity contribution >= 4 is 17.8 Å². The SMILES string of the molecule is CC/C(=C\OC)CNC=O.Cc1cc(F)c(N)c(C(=N)c2cccc(F)c2)c1. The number of hydrogen-bond acceptors (Lipinski definition) is 4. The summed E-state index contributed by atoms with van der Waals surface area (Å²) >= 11 is 0. The number of nitrogens with two attached hydrogens (primary N) is 1. The number of aryl methyl sites for hydroxylation is 1. The predicted octanol–water partition coefficient (Wildman–Crippen LogP) is 3.94. The van der Waals surface area contributed by atoms with Crippen molar-refractivity contribution in [3.05, 3.63) is 76.6 Å². The number of ether oxygens (including phenoxy) is 1. The summed E-state index contributed by atoms with van der Waals surface area (Å²) in [5, 5.41) is 10.5. The Morgan fingerprint density at radius 3 is 2.57 bits per heavy atom. The minimum Gasteiger partial charge on any atom is -0.504 e. The van der Waals surface area contributed by atoms with E-state index in [-0.39, 0.29) is 17.0 Å². The summed E-state index contributed by atoms with van der Waals surface area (Å²) in [5.41, 5.74) is 7.93. The highest BCUT2D eigenvalue weighted by molar-refractivity contribution is 6.13. The Bertz CT molecular complexity index is 852. The Labute approximate surface area is 163 Å². The van der Waals surface area contributed by atoms with E-state index in [9.17, 15) is 13.6 Å². The second-order valence-corrected chi connectivity index (χ2v) is 5.96. The first kappa shape index (κ1) is 22.8. The molecule has 0 fully saturated rings. The van der Waals surface area contributed by atoms with Crippen LogP contribution in [0.15, 0.2) is 48.2 Å². The van der Waals surface area contributed by atoms with Crippen LogP contribution in [0.4, 0.5) is 14.5 Å². The molecule has 2 aromatic carbocycles. The molecule has 0 aliphatic carbocycles. The van der Waals surface area contributed by atoms with Crippen LogP contribution in [0.2, 0.25) is 0 Å². The van der Waals surface area contributed by atoms with Gasteiger partial charge in [0.05, 0.1) is 24.8 Å². The number of carbonyl (C=O) groups is 1. The van der Waals surface area contributed by atoms with Crippen molar-refractivity contribution in [3.63, 3.8) is 0 Å². The van der Waals surface area contributed by atoms with Crippen LogP contribution in [-0.4, -0.2) is 25.8 Å². The van der Waals surface area contributed by atoms with E-state index in [2.05, 4.69) is 5.32 Å². The molecule has 5 nitrogen and oxygen atoms in total. The highest BCUT2D eigenvalue weighted by Gasteiger charge is 2.13. The molecular weight excluding hydrogens is 364 g/mol. The normalized spacial score (nSPS) is 10.5. The molecule has 0 spiro atoms. The number of rotatable bonds is 7. The van der Waals surface area contributed by atoms with Gasteiger partial charge in [-0.15, -0.1) is 0 Å². The largest absolute Gasteiger partial charge is 0.504 e. The Morgan fingerprint density at radius 1 is 1.29 bits per heavy atom. The molecule has 0 heterocycles. The van der Waals surface area contributed by atoms with Gasteiger partial charge in [0.25, 0.3) is 0 Å². The number of methoxy groups -OCH3 is 1. The maximum absolute atomic E-state index is 13.5. The van der Waals surface area contributed by atoms with E-state index < -0.39 is 11.6 Å². The number of halogens is 2. The third kappa shape index (κ3) is 6.83. The van der Waals surface area contributed by atoms with Crippen molar-refractivity contribution in [2.75, 3.05) is 19.4 Å². The molecule has 28 heavy (non-hydrogen) atoms. The number of benzene rings is 2. The molecule has 0 aliphatic heterocycles. The van der Waals surface area contributed by atoms with Gasteiger partial charge in [-0.1, -0.05) is 19.1 Å². The van der Waals surface area contributed by atoms with Crippen molar-refractivity contribution < 1.29 is 18.3 Å². The lowest BCUT2D eigenvalue weighted by molar-refractivity contribution is -0.109. The maximum atomic E-state index is 13.5. The van der Waals surface area contributed by atoms with Crippen LogP contribution in [0.3, 0.4) is 0 Å². The van der Waals surface area contributed by atoms with Gasteiger partial charge in [0.15, 0.2) is 0 Å². The Morgan fingerprint density at radius 2 is 2.00 bits per heavy atom. The van der Waals surface area contributed by atoms with Crippen LogP contribution in [0.5, 0.6) is 0 Å². The molecule has 2 rings (SSSR count). The van der Waals surface area contributed by atoms with Gasteiger partial charge in [-0.05, 0) is 48.7 Å². The fourth-order valence-electron chi connectivity index (χ4n) is 2.35. The highest BCUT2D eigenvalue weighted by Crippen LogP contribution is 2.22. The second kappa shape index (κ2) is 11.5. The molecule has 0 bridgehead atoms. The smallest absolute Gasteiger partial charge is 0.207 e. The number of nitrogens with one attached hydrogen (secondary N) is 2. The molecule has 4 N–H and O–H groups in total. The lowest BCUT2D eigenvalue weighted by Gasteiger charge is -2.10. The summed E-state index contributed by atoms with van der Waals surface area (Å²) in [7, 11) is 1.59. The zero-order valence-corrected chi connectivity index (χ0v) is 16.2. The molecule has 0 saturated heterocycles. The molecule has 0 atom stereocenters. The van der Waals surface area contributed by atoms with E-state index in [1.54, 1.807) is 32.4 Å². The number of nitrogen functional groups attached to an aromatic ring is 1. The van der Waals surface area contributed by atoms with Crippen LogP contribution >= 0.6 is 0 Å². The Hall–Kier alpha value is -3.22. The van der Waals surface area contributed by atoms with Crippen LogP contribution in [-0.2, 0) is 9.53 Å². The summed E-state index contributed by atoms with van der Waals surface area (Å²) in [4.78, 5) is 9.85. The summed E-state index contributed by atoms with van der Waals surface area (Å²) in [6.45, 7) is 4.30. The van der Waals surface area contributed by atoms with Crippen molar-refractivity contribution in [2.24, 2.45) is 0 Å². The summed E-state index contributed by atoms with van der Waals surface area (Å²) in [6.07, 6.45) is 3.23. The van der Waals surface area contributed by atoms with Gasteiger partial charge in [-0.3, -0.25) is 10.2 Å². The second-order valence-electron chi connectivity index (χ2n) is 5.96. The minimum atomic E-state index is -0.564. The Balaban J connectivity index is 0.000000336. The first-order chi connectivity index (χ1) is 13.3. The molecule has 0 unspecified atom stereocenters. The third-order valence-corrected chi connectivity index (χ3v) is 3.81. The van der Waals surface area contributed by atoms with Crippen molar-refractivity contribution in [1.82, 2.24) is 5.32 Å². The van der Waals surface area contributed by atoms with Crippen molar-refractivity contribution in [1.29, 1.82) is 5.41 Å². The summed E-state index contributed by atoms with van der Waals surface area (Å²) in [5.74, 6) is -1.00. The topological polar surface area (TPSA) is 88.2 Å². The molecule has 0 saturated carbocycles. The van der Waals surface area contributed by atoms with Crippen LogP contribution in [0, 0.1) is 24.0 Å². The van der Waals surface area contributed by atoms with E-state index in [4.69, 9.17) is 15.9 Å². The van der Waals surface area contributed by atoms with Gasteiger partial charge < -0.3 is 15.8 Å².